The molecule has 0 saturated heterocycles. The Labute approximate surface area is 843 Å². The van der Waals surface area contributed by atoms with Crippen LogP contribution in [0.4, 0.5) is 0 Å². The Morgan fingerprint density at radius 1 is 0.182 bits per heavy atom. The van der Waals surface area contributed by atoms with E-state index in [1.165, 1.54) is 39.8 Å². The summed E-state index contributed by atoms with van der Waals surface area (Å²) in [5.41, 5.74) is -7.02. The first-order valence-electron chi connectivity index (χ1n) is 47.4. The van der Waals surface area contributed by atoms with Crippen molar-refractivity contribution in [1.29, 1.82) is 0 Å². The van der Waals surface area contributed by atoms with E-state index in [1.807, 2.05) is 39.8 Å². The molecule has 0 radical (unpaired) electrons. The van der Waals surface area contributed by atoms with Crippen molar-refractivity contribution in [3.05, 3.63) is 242 Å². The zero-order valence-corrected chi connectivity index (χ0v) is 85.4. The summed E-state index contributed by atoms with van der Waals surface area (Å²) in [6.45, 7) is 40.3. The molecule has 0 spiro atoms. The van der Waals surface area contributed by atoms with Crippen LogP contribution in [0.1, 0.15) is 289 Å². The van der Waals surface area contributed by atoms with Gasteiger partial charge in [0.1, 0.15) is 46.0 Å². The normalized spacial score (nSPS) is 11.8. The number of rotatable bonds is 16. The Kier molecular flexibility index (Phi) is 28.4. The molecule has 32 heteroatoms. The number of aryl methyl sites for hydroxylation is 4. The fourth-order valence-corrected chi connectivity index (χ4v) is 21.5. The number of carbonyl (C=O) groups excluding carboxylic acids is 4. The van der Waals surface area contributed by atoms with Gasteiger partial charge in [0.15, 0.2) is 116 Å². The van der Waals surface area contributed by atoms with Gasteiger partial charge in [0, 0.05) is 183 Å². The molecule has 16 rings (SSSR count). The first-order chi connectivity index (χ1) is 69.0. The van der Waals surface area contributed by atoms with E-state index in [0.29, 0.717) is 101 Å². The van der Waals surface area contributed by atoms with Crippen molar-refractivity contribution in [2.24, 2.45) is 0 Å². The van der Waals surface area contributed by atoms with E-state index in [-0.39, 0.29) is 215 Å². The summed E-state index contributed by atoms with van der Waals surface area (Å²) >= 11 is 0. The lowest BCUT2D eigenvalue weighted by molar-refractivity contribution is 0.111. The lowest BCUT2D eigenvalue weighted by Crippen LogP contribution is -2.38. The van der Waals surface area contributed by atoms with E-state index >= 15 is 0 Å². The van der Waals surface area contributed by atoms with Crippen LogP contribution in [-0.2, 0) is 0 Å². The maximum atomic E-state index is 14.0. The van der Waals surface area contributed by atoms with Crippen LogP contribution in [0.15, 0.2) is 86.9 Å². The van der Waals surface area contributed by atoms with Gasteiger partial charge < -0.3 is 102 Å². The van der Waals surface area contributed by atoms with Crippen LogP contribution < -0.4 is 43.4 Å². The molecule has 0 fully saturated rings. The number of fused-ring (bicyclic) bond motifs is 8. The highest BCUT2D eigenvalue weighted by atomic mass is 16.3. The third-order valence-corrected chi connectivity index (χ3v) is 28.2. The largest absolute Gasteiger partial charge is 0.507 e. The Balaban J connectivity index is 0.000000165. The summed E-state index contributed by atoms with van der Waals surface area (Å²) in [5.74, 6) is -11.8. The molecular weight excluding hydrogens is 1910 g/mol. The fourth-order valence-electron chi connectivity index (χ4n) is 21.5. The minimum atomic E-state index is -1.25. The zero-order valence-electron chi connectivity index (χ0n) is 85.4. The molecule has 20 N–H and O–H groups in total. The quantitative estimate of drug-likeness (QED) is 0.0185. The molecule has 0 atom stereocenters. The van der Waals surface area contributed by atoms with E-state index in [0.717, 1.165) is 12.1 Å². The zero-order chi connectivity index (χ0) is 111. The molecule has 0 amide bonds. The third-order valence-electron chi connectivity index (χ3n) is 28.2. The van der Waals surface area contributed by atoms with E-state index < -0.39 is 158 Å². The summed E-state index contributed by atoms with van der Waals surface area (Å²) in [6, 6.07) is 11.5. The maximum absolute atomic E-state index is 14.0. The fraction of sp³-hybridized carbons (Fsp3) is 0.276. The molecule has 0 heterocycles. The molecule has 12 aromatic carbocycles. The van der Waals surface area contributed by atoms with Gasteiger partial charge in [-0.05, 0) is 165 Å². The summed E-state index contributed by atoms with van der Waals surface area (Å²) in [6.07, 6.45) is 0.866. The molecule has 0 aliphatic heterocycles. The van der Waals surface area contributed by atoms with Crippen LogP contribution >= 0.6 is 0 Å². The van der Waals surface area contributed by atoms with E-state index in [4.69, 9.17) is 0 Å². The highest BCUT2D eigenvalue weighted by molar-refractivity contribution is 6.17. The van der Waals surface area contributed by atoms with Crippen molar-refractivity contribution >= 4 is 89.8 Å². The second-order valence-corrected chi connectivity index (χ2v) is 40.1. The van der Waals surface area contributed by atoms with Gasteiger partial charge in [0.2, 0.25) is 21.7 Å². The minimum Gasteiger partial charge on any atom is -0.507 e. The number of aromatic hydroxyl groups is 20. The van der Waals surface area contributed by atoms with Crippen LogP contribution in [0.3, 0.4) is 0 Å². The van der Waals surface area contributed by atoms with Crippen molar-refractivity contribution in [2.45, 2.75) is 214 Å². The summed E-state index contributed by atoms with van der Waals surface area (Å²) in [5, 5.41) is 219. The molecule has 32 nitrogen and oxygen atoms in total. The van der Waals surface area contributed by atoms with Crippen molar-refractivity contribution in [2.75, 3.05) is 0 Å². The van der Waals surface area contributed by atoms with E-state index in [2.05, 4.69) is 0 Å². The molecular formula is C116H112O32. The van der Waals surface area contributed by atoms with Gasteiger partial charge in [-0.2, -0.15) is 0 Å². The van der Waals surface area contributed by atoms with Crippen LogP contribution in [0, 0.1) is 55.4 Å². The van der Waals surface area contributed by atoms with Crippen molar-refractivity contribution < 1.29 is 121 Å². The molecule has 0 aromatic heterocycles. The van der Waals surface area contributed by atoms with E-state index in [9.17, 15) is 160 Å². The second-order valence-electron chi connectivity index (χ2n) is 40.1. The standard InChI is InChI=1S/C30H26O10.C30H30O8.C28H26O8.C28H30O6/c1-9(2)15-21-19(13(7-31)25(35)29(15)39)27(37)17(11(5)23(21)33)18-12(6)24(34)22-16(10(3)4)30(40)26(36)14(8-32)20(22)28(18)38;1-11(2)19-15-7-13(5)21(27(35)23(15)17(9-31)25(33)29(19)37)22-14(6)8-16-20(12(3)4)30(38)26(34)18(10-32)24(16)28(22)36;1-9(2)17-21-13(7-15(29)27(17)35)25(33)19(11(5)23(21)31)20-12(6)24(32)22-14(26(20)34)8-16(30)28(36)18(22)10(3)4;1-11(2)21-15-7-13(5)23(25(31)17(15)9-19(29)27(21)33)24-14(6)8-16-18(26(24)32)10-20(30)28(34)22(16)12(3)4/h7-10,33,35,37,39H,1-6H3;7-12,33-38H,1-6H3;7-10,29,31,33,35H,1-6H3;7-12,29-34H,1-6H3. The topological polar surface area (TPSA) is 609 Å². The van der Waals surface area contributed by atoms with Crippen LogP contribution in [0.5, 0.6) is 115 Å². The molecule has 0 saturated carbocycles. The predicted molar refractivity (Wildman–Crippen MR) is 566 cm³/mol. The van der Waals surface area contributed by atoms with Crippen LogP contribution in [-0.4, -0.2) is 127 Å². The maximum Gasteiger partial charge on any atom is 0.237 e. The third kappa shape index (κ3) is 16.3. The molecule has 0 bridgehead atoms. The van der Waals surface area contributed by atoms with Gasteiger partial charge in [-0.15, -0.1) is 0 Å². The average Bonchev–Trinajstić information content (AvgIpc) is 0.706. The smallest absolute Gasteiger partial charge is 0.237 e. The number of aldehydes is 4. The lowest BCUT2D eigenvalue weighted by Gasteiger charge is -2.23. The molecule has 12 aromatic rings. The average molecular weight is 2020 g/mol. The summed E-state index contributed by atoms with van der Waals surface area (Å²) < 4.78 is 0. The first kappa shape index (κ1) is 108. The lowest BCUT2D eigenvalue weighted by atomic mass is 9.80. The van der Waals surface area contributed by atoms with Crippen molar-refractivity contribution in [1.82, 2.24) is 0 Å². The van der Waals surface area contributed by atoms with Gasteiger partial charge in [0.25, 0.3) is 0 Å². The Morgan fingerprint density at radius 2 is 0.466 bits per heavy atom. The molecule has 4 aliphatic carbocycles. The number of hydrogen-bond donors (Lipinski definition) is 20. The molecule has 768 valence electrons. The monoisotopic (exact) mass is 2020 g/mol. The molecule has 148 heavy (non-hydrogen) atoms. The van der Waals surface area contributed by atoms with Crippen molar-refractivity contribution in [3.8, 4) is 182 Å². The summed E-state index contributed by atoms with van der Waals surface area (Å²) in [4.78, 5) is 153. The van der Waals surface area contributed by atoms with Gasteiger partial charge >= 0.3 is 0 Å². The molecule has 0 unspecified atom stereocenters. The number of carbonyl (C=O) groups is 4. The number of hydrogen-bond acceptors (Lipinski definition) is 32. The predicted octanol–water partition coefficient (Wildman–Crippen LogP) is 20.0. The van der Waals surface area contributed by atoms with E-state index in [1.54, 1.807) is 123 Å². The Bertz CT molecular complexity index is 8720. The van der Waals surface area contributed by atoms with Crippen molar-refractivity contribution in [3.63, 3.8) is 0 Å². The van der Waals surface area contributed by atoms with Crippen LogP contribution in [0.2, 0.25) is 0 Å². The second kappa shape index (κ2) is 39.0. The van der Waals surface area contributed by atoms with Gasteiger partial charge in [-0.1, -0.05) is 135 Å². The highest BCUT2D eigenvalue weighted by Crippen LogP contribution is 2.60. The van der Waals surface area contributed by atoms with Crippen LogP contribution in [0.25, 0.3) is 131 Å². The number of phenols is 20. The first-order valence-corrected chi connectivity index (χ1v) is 47.4. The number of benzene rings is 16. The van der Waals surface area contributed by atoms with Gasteiger partial charge in [-0.25, -0.2) is 0 Å². The summed E-state index contributed by atoms with van der Waals surface area (Å²) in [7, 11) is 0. The Morgan fingerprint density at radius 3 is 0.838 bits per heavy atom. The van der Waals surface area contributed by atoms with Gasteiger partial charge in [0.05, 0.1) is 22.3 Å². The SMILES string of the molecule is Cc1c(-c2c(C)c(=O)c3c(C(C)C)c(=O)c(=O)c(C=O)c-3c2=O)c(O)c2c(C=O)c(O)c(O)c(C(C)C)c2c1O.Cc1c(-c2c(C)c(=O)c3c(C(C)C)c(=O)c(=O)cc-3c2=O)c(O)c2cc(O)c(O)c(C(C)C)c2c1O.Cc1cc2c(C(C)C)c(O)c(O)c(C=O)c2c(O)c1-c1c(C)cc2c(C(C)C)c(O)c(O)c(C=O)c2c1O.Cc1cc2c(C(C)C)c(O)c(O)cc2c(O)c1-c1c(C)cc2c(C(C)C)c(O)c(O)cc2c1O. The molecule has 4 aliphatic rings. The Hall–Kier alpha value is -17.3. The highest BCUT2D eigenvalue weighted by Gasteiger charge is 2.40. The number of phenolic OH excluding ortho intramolecular Hbond substituents is 20. The minimum absolute atomic E-state index is 0.00512. The van der Waals surface area contributed by atoms with Gasteiger partial charge in [-0.3, -0.25) is 57.5 Å².